The van der Waals surface area contributed by atoms with Gasteiger partial charge >= 0.3 is 0 Å². The number of hydrogen-bond donors (Lipinski definition) is 1. The van der Waals surface area contributed by atoms with E-state index in [-0.39, 0.29) is 12.5 Å². The van der Waals surface area contributed by atoms with Crippen LogP contribution in [0.4, 0.5) is 0 Å². The van der Waals surface area contributed by atoms with Crippen LogP contribution < -0.4 is 5.32 Å². The summed E-state index contributed by atoms with van der Waals surface area (Å²) < 4.78 is 5.29. The van der Waals surface area contributed by atoms with E-state index < -0.39 is 0 Å². The molecule has 4 heteroatoms. The molecule has 0 aliphatic carbocycles. The van der Waals surface area contributed by atoms with E-state index in [0.717, 1.165) is 32.5 Å². The second-order valence-corrected chi connectivity index (χ2v) is 4.46. The van der Waals surface area contributed by atoms with E-state index in [2.05, 4.69) is 5.32 Å². The van der Waals surface area contributed by atoms with Gasteiger partial charge in [-0.3, -0.25) is 4.79 Å². The Bertz CT molecular complexity index is 207. The zero-order valence-corrected chi connectivity index (χ0v) is 10.5. The largest absolute Gasteiger partial charge is 0.372 e. The molecule has 94 valence electrons. The van der Waals surface area contributed by atoms with Crippen molar-refractivity contribution in [3.05, 3.63) is 0 Å². The quantitative estimate of drug-likeness (QED) is 0.686. The van der Waals surface area contributed by atoms with Gasteiger partial charge in [0, 0.05) is 19.7 Å². The maximum atomic E-state index is 11.8. The Labute approximate surface area is 98.3 Å². The first-order valence-electron chi connectivity index (χ1n) is 6.28. The lowest BCUT2D eigenvalue weighted by atomic mass is 9.98. The van der Waals surface area contributed by atoms with Gasteiger partial charge in [-0.05, 0) is 38.8 Å². The Balaban J connectivity index is 2.26. The molecule has 1 aliphatic rings. The Morgan fingerprint density at radius 2 is 2.38 bits per heavy atom. The molecular formula is C12H24N2O2. The molecule has 0 radical (unpaired) electrons. The first kappa shape index (κ1) is 13.5. The Kier molecular flexibility index (Phi) is 6.42. The van der Waals surface area contributed by atoms with Gasteiger partial charge in [0.05, 0.1) is 0 Å². The summed E-state index contributed by atoms with van der Waals surface area (Å²) in [6.45, 7) is 5.76. The Morgan fingerprint density at radius 3 is 3.06 bits per heavy atom. The van der Waals surface area contributed by atoms with Gasteiger partial charge in [-0.25, -0.2) is 0 Å². The van der Waals surface area contributed by atoms with Gasteiger partial charge in [-0.15, -0.1) is 0 Å². The van der Waals surface area contributed by atoms with Gasteiger partial charge in [0.25, 0.3) is 0 Å². The van der Waals surface area contributed by atoms with E-state index >= 15 is 0 Å². The van der Waals surface area contributed by atoms with E-state index in [0.29, 0.717) is 12.5 Å². The van der Waals surface area contributed by atoms with Crippen LogP contribution in [-0.2, 0) is 9.53 Å². The van der Waals surface area contributed by atoms with Crippen molar-refractivity contribution in [2.75, 3.05) is 39.9 Å². The molecule has 1 N–H and O–H groups in total. The van der Waals surface area contributed by atoms with Crippen LogP contribution in [0.15, 0.2) is 0 Å². The summed E-state index contributed by atoms with van der Waals surface area (Å²) in [6.07, 6.45) is 3.31. The number of carbonyl (C=O) groups is 1. The van der Waals surface area contributed by atoms with Crippen LogP contribution in [0.5, 0.6) is 0 Å². The topological polar surface area (TPSA) is 41.6 Å². The minimum absolute atomic E-state index is 0.147. The second kappa shape index (κ2) is 7.63. The van der Waals surface area contributed by atoms with Crippen molar-refractivity contribution in [1.29, 1.82) is 0 Å². The minimum atomic E-state index is 0.147. The van der Waals surface area contributed by atoms with E-state index in [9.17, 15) is 4.79 Å². The molecule has 1 amide bonds. The van der Waals surface area contributed by atoms with Crippen LogP contribution >= 0.6 is 0 Å². The third-order valence-electron chi connectivity index (χ3n) is 2.94. The zero-order chi connectivity index (χ0) is 11.8. The van der Waals surface area contributed by atoms with Gasteiger partial charge in [0.2, 0.25) is 5.91 Å². The number of rotatable bonds is 6. The lowest BCUT2D eigenvalue weighted by molar-refractivity contribution is -0.137. The number of likely N-dealkylation sites (tertiary alicyclic amines) is 1. The summed E-state index contributed by atoms with van der Waals surface area (Å²) in [6, 6.07) is 0. The minimum Gasteiger partial charge on any atom is -0.372 e. The van der Waals surface area contributed by atoms with Crippen molar-refractivity contribution < 1.29 is 9.53 Å². The molecule has 1 rings (SSSR count). The fraction of sp³-hybridized carbons (Fsp3) is 0.917. The van der Waals surface area contributed by atoms with E-state index in [1.165, 1.54) is 6.42 Å². The summed E-state index contributed by atoms with van der Waals surface area (Å²) in [5.74, 6) is 0.753. The molecule has 0 spiro atoms. The molecule has 0 aromatic heterocycles. The Morgan fingerprint density at radius 1 is 1.56 bits per heavy atom. The van der Waals surface area contributed by atoms with Gasteiger partial charge < -0.3 is 15.0 Å². The summed E-state index contributed by atoms with van der Waals surface area (Å²) in [5, 5.41) is 3.18. The predicted octanol–water partition coefficient (Wildman–Crippen LogP) is 0.871. The summed E-state index contributed by atoms with van der Waals surface area (Å²) >= 11 is 0. The van der Waals surface area contributed by atoms with Crippen LogP contribution in [-0.4, -0.2) is 50.7 Å². The van der Waals surface area contributed by atoms with Gasteiger partial charge in [0.1, 0.15) is 6.61 Å². The average molecular weight is 228 g/mol. The fourth-order valence-electron chi connectivity index (χ4n) is 2.14. The number of carbonyl (C=O) groups excluding carboxylic acids is 1. The lowest BCUT2D eigenvalue weighted by Crippen LogP contribution is -2.44. The molecule has 0 saturated carbocycles. The standard InChI is InChI=1S/C12H24N2O2/c1-3-7-16-10-12(15)14-6-4-5-11(9-14)8-13-2/h11,13H,3-10H2,1-2H3. The average Bonchev–Trinajstić information content (AvgIpc) is 2.30. The van der Waals surface area contributed by atoms with Crippen LogP contribution in [0.3, 0.4) is 0 Å². The molecule has 0 aromatic carbocycles. The SMILES string of the molecule is CCCOCC(=O)N1CCCC(CNC)C1. The number of ether oxygens (including phenoxy) is 1. The summed E-state index contributed by atoms with van der Waals surface area (Å²) in [7, 11) is 1.96. The zero-order valence-electron chi connectivity index (χ0n) is 10.5. The molecule has 16 heavy (non-hydrogen) atoms. The molecule has 0 bridgehead atoms. The van der Waals surface area contributed by atoms with Crippen LogP contribution in [0.2, 0.25) is 0 Å². The highest BCUT2D eigenvalue weighted by Gasteiger charge is 2.22. The van der Waals surface area contributed by atoms with E-state index in [1.54, 1.807) is 0 Å². The normalized spacial score (nSPS) is 21.1. The van der Waals surface area contributed by atoms with Crippen molar-refractivity contribution in [1.82, 2.24) is 10.2 Å². The third kappa shape index (κ3) is 4.49. The van der Waals surface area contributed by atoms with Gasteiger partial charge in [0.15, 0.2) is 0 Å². The van der Waals surface area contributed by atoms with Crippen molar-refractivity contribution >= 4 is 5.91 Å². The summed E-state index contributed by atoms with van der Waals surface area (Å²) in [5.41, 5.74) is 0. The van der Waals surface area contributed by atoms with Crippen molar-refractivity contribution in [2.24, 2.45) is 5.92 Å². The molecule has 1 atom stereocenters. The number of nitrogens with zero attached hydrogens (tertiary/aromatic N) is 1. The van der Waals surface area contributed by atoms with Crippen molar-refractivity contribution in [3.8, 4) is 0 Å². The first-order chi connectivity index (χ1) is 7.77. The van der Waals surface area contributed by atoms with Gasteiger partial charge in [-0.2, -0.15) is 0 Å². The number of nitrogens with one attached hydrogen (secondary N) is 1. The van der Waals surface area contributed by atoms with Crippen LogP contribution in [0.1, 0.15) is 26.2 Å². The fourth-order valence-corrected chi connectivity index (χ4v) is 2.14. The van der Waals surface area contributed by atoms with E-state index in [1.807, 2.05) is 18.9 Å². The van der Waals surface area contributed by atoms with Crippen molar-refractivity contribution in [2.45, 2.75) is 26.2 Å². The van der Waals surface area contributed by atoms with Crippen LogP contribution in [0, 0.1) is 5.92 Å². The third-order valence-corrected chi connectivity index (χ3v) is 2.94. The van der Waals surface area contributed by atoms with E-state index in [4.69, 9.17) is 4.74 Å². The maximum absolute atomic E-state index is 11.8. The van der Waals surface area contributed by atoms with Crippen molar-refractivity contribution in [3.63, 3.8) is 0 Å². The number of piperidine rings is 1. The second-order valence-electron chi connectivity index (χ2n) is 4.46. The van der Waals surface area contributed by atoms with Crippen LogP contribution in [0.25, 0.3) is 0 Å². The Hall–Kier alpha value is -0.610. The van der Waals surface area contributed by atoms with Gasteiger partial charge in [-0.1, -0.05) is 6.92 Å². The lowest BCUT2D eigenvalue weighted by Gasteiger charge is -2.32. The monoisotopic (exact) mass is 228 g/mol. The first-order valence-corrected chi connectivity index (χ1v) is 6.28. The molecule has 1 saturated heterocycles. The highest BCUT2D eigenvalue weighted by molar-refractivity contribution is 5.77. The highest BCUT2D eigenvalue weighted by atomic mass is 16.5. The smallest absolute Gasteiger partial charge is 0.248 e. The molecule has 1 heterocycles. The number of hydrogen-bond acceptors (Lipinski definition) is 3. The number of amides is 1. The molecule has 1 fully saturated rings. The molecule has 0 aromatic rings. The highest BCUT2D eigenvalue weighted by Crippen LogP contribution is 2.15. The maximum Gasteiger partial charge on any atom is 0.248 e. The molecule has 1 aliphatic heterocycles. The summed E-state index contributed by atoms with van der Waals surface area (Å²) in [4.78, 5) is 13.7. The molecule has 4 nitrogen and oxygen atoms in total. The molecular weight excluding hydrogens is 204 g/mol. The predicted molar refractivity (Wildman–Crippen MR) is 64.3 cm³/mol. The molecule has 1 unspecified atom stereocenters.